The van der Waals surface area contributed by atoms with Gasteiger partial charge in [0.1, 0.15) is 6.61 Å². The van der Waals surface area contributed by atoms with E-state index in [1.54, 1.807) is 0 Å². The molecule has 0 aromatic heterocycles. The molecule has 92 valence electrons. The Morgan fingerprint density at radius 3 is 3.12 bits per heavy atom. The van der Waals surface area contributed by atoms with E-state index >= 15 is 0 Å². The maximum absolute atomic E-state index is 11.6. The molecule has 0 bridgehead atoms. The van der Waals surface area contributed by atoms with Crippen LogP contribution in [0, 0.1) is 5.92 Å². The molecule has 0 radical (unpaired) electrons. The molecule has 2 heterocycles. The van der Waals surface area contributed by atoms with Gasteiger partial charge in [0.05, 0.1) is 6.10 Å². The fourth-order valence-corrected chi connectivity index (χ4v) is 2.61. The van der Waals surface area contributed by atoms with Crippen molar-refractivity contribution in [3.8, 4) is 0 Å². The number of hydrogen-bond acceptors (Lipinski definition) is 3. The molecule has 1 amide bonds. The van der Waals surface area contributed by atoms with Crippen molar-refractivity contribution in [2.24, 2.45) is 5.92 Å². The second-order valence-electron chi connectivity index (χ2n) is 4.80. The molecule has 2 unspecified atom stereocenters. The highest BCUT2D eigenvalue weighted by atomic mass is 16.5. The number of carbonyl (C=O) groups excluding carboxylic acids is 1. The first-order valence-corrected chi connectivity index (χ1v) is 6.41. The van der Waals surface area contributed by atoms with Crippen molar-refractivity contribution in [3.63, 3.8) is 0 Å². The Morgan fingerprint density at radius 2 is 2.44 bits per heavy atom. The van der Waals surface area contributed by atoms with Gasteiger partial charge in [-0.25, -0.2) is 0 Å². The van der Waals surface area contributed by atoms with Crippen LogP contribution in [0.5, 0.6) is 0 Å². The lowest BCUT2D eigenvalue weighted by molar-refractivity contribution is -0.152. The molecule has 2 rings (SSSR count). The Bertz CT molecular complexity index is 239. The predicted molar refractivity (Wildman–Crippen MR) is 62.2 cm³/mol. The van der Waals surface area contributed by atoms with Crippen molar-refractivity contribution in [2.45, 2.75) is 32.3 Å². The Balaban J connectivity index is 1.88. The minimum Gasteiger partial charge on any atom is -0.366 e. The summed E-state index contributed by atoms with van der Waals surface area (Å²) >= 11 is 0. The number of piperidine rings is 1. The molecule has 0 spiro atoms. The predicted octanol–water partition coefficient (Wildman–Crippen LogP) is 0.623. The van der Waals surface area contributed by atoms with E-state index in [9.17, 15) is 4.79 Å². The van der Waals surface area contributed by atoms with Crippen LogP contribution in [0.2, 0.25) is 0 Å². The minimum atomic E-state index is 0.155. The van der Waals surface area contributed by atoms with Gasteiger partial charge in [-0.1, -0.05) is 6.92 Å². The van der Waals surface area contributed by atoms with E-state index in [0.717, 1.165) is 32.6 Å². The normalized spacial score (nSPS) is 31.8. The number of carbonyl (C=O) groups is 1. The number of nitrogens with zero attached hydrogens (tertiary/aromatic N) is 1. The van der Waals surface area contributed by atoms with Crippen molar-refractivity contribution in [2.75, 3.05) is 32.8 Å². The van der Waals surface area contributed by atoms with Crippen LogP contribution in [-0.4, -0.2) is 49.7 Å². The van der Waals surface area contributed by atoms with Crippen LogP contribution in [0.1, 0.15) is 26.2 Å². The van der Waals surface area contributed by atoms with Gasteiger partial charge in [0.15, 0.2) is 0 Å². The summed E-state index contributed by atoms with van der Waals surface area (Å²) in [4.78, 5) is 13.6. The Kier molecular flexibility index (Phi) is 4.18. The summed E-state index contributed by atoms with van der Waals surface area (Å²) in [6.45, 7) is 6.22. The first-order chi connectivity index (χ1) is 7.81. The standard InChI is InChI=1S/C12H22N2O2/c1-2-6-14-8-11(16-9-12(14)15)10-4-3-5-13-7-10/h10-11,13H,2-9H2,1H3. The molecule has 0 saturated carbocycles. The molecule has 4 nitrogen and oxygen atoms in total. The lowest BCUT2D eigenvalue weighted by Gasteiger charge is -2.38. The maximum Gasteiger partial charge on any atom is 0.248 e. The van der Waals surface area contributed by atoms with Crippen LogP contribution in [0.25, 0.3) is 0 Å². The third kappa shape index (κ3) is 2.74. The van der Waals surface area contributed by atoms with Crippen LogP contribution >= 0.6 is 0 Å². The molecule has 0 aliphatic carbocycles. The van der Waals surface area contributed by atoms with Crippen LogP contribution in [-0.2, 0) is 9.53 Å². The van der Waals surface area contributed by atoms with Crippen molar-refractivity contribution in [1.29, 1.82) is 0 Å². The average molecular weight is 226 g/mol. The Labute approximate surface area is 97.3 Å². The maximum atomic E-state index is 11.6. The van der Waals surface area contributed by atoms with Crippen LogP contribution < -0.4 is 5.32 Å². The molecule has 0 aromatic rings. The Hall–Kier alpha value is -0.610. The molecular formula is C12H22N2O2. The summed E-state index contributed by atoms with van der Waals surface area (Å²) in [6.07, 6.45) is 3.73. The van der Waals surface area contributed by atoms with E-state index in [0.29, 0.717) is 5.92 Å². The first-order valence-electron chi connectivity index (χ1n) is 6.41. The van der Waals surface area contributed by atoms with E-state index in [1.807, 2.05) is 4.90 Å². The number of rotatable bonds is 3. The zero-order valence-corrected chi connectivity index (χ0v) is 10.1. The zero-order chi connectivity index (χ0) is 11.4. The summed E-state index contributed by atoms with van der Waals surface area (Å²) in [7, 11) is 0. The molecule has 2 saturated heterocycles. The highest BCUT2D eigenvalue weighted by Gasteiger charge is 2.31. The molecule has 16 heavy (non-hydrogen) atoms. The second-order valence-corrected chi connectivity index (χ2v) is 4.80. The summed E-state index contributed by atoms with van der Waals surface area (Å²) in [5.74, 6) is 0.739. The molecule has 2 atom stereocenters. The van der Waals surface area contributed by atoms with Crippen molar-refractivity contribution in [3.05, 3.63) is 0 Å². The summed E-state index contributed by atoms with van der Waals surface area (Å²) in [5.41, 5.74) is 0. The number of morpholine rings is 1. The van der Waals surface area contributed by atoms with Gasteiger partial charge in [0, 0.05) is 19.6 Å². The van der Waals surface area contributed by atoms with Gasteiger partial charge in [-0.2, -0.15) is 0 Å². The highest BCUT2D eigenvalue weighted by Crippen LogP contribution is 2.21. The lowest BCUT2D eigenvalue weighted by atomic mass is 9.92. The summed E-state index contributed by atoms with van der Waals surface area (Å²) in [5, 5.41) is 3.41. The number of hydrogen-bond donors (Lipinski definition) is 1. The van der Waals surface area contributed by atoms with E-state index in [1.165, 1.54) is 12.8 Å². The van der Waals surface area contributed by atoms with Gasteiger partial charge in [0.2, 0.25) is 5.91 Å². The third-order valence-corrected chi connectivity index (χ3v) is 3.53. The Morgan fingerprint density at radius 1 is 1.56 bits per heavy atom. The summed E-state index contributed by atoms with van der Waals surface area (Å²) < 4.78 is 5.68. The van der Waals surface area contributed by atoms with Crippen LogP contribution in [0.3, 0.4) is 0 Å². The number of amides is 1. The zero-order valence-electron chi connectivity index (χ0n) is 10.1. The monoisotopic (exact) mass is 226 g/mol. The van der Waals surface area contributed by atoms with Crippen molar-refractivity contribution >= 4 is 5.91 Å². The average Bonchev–Trinajstić information content (AvgIpc) is 2.33. The largest absolute Gasteiger partial charge is 0.366 e. The smallest absolute Gasteiger partial charge is 0.248 e. The first kappa shape index (κ1) is 11.9. The lowest BCUT2D eigenvalue weighted by Crippen LogP contribution is -2.51. The molecular weight excluding hydrogens is 204 g/mol. The molecule has 4 heteroatoms. The van der Waals surface area contributed by atoms with Gasteiger partial charge in [-0.15, -0.1) is 0 Å². The second kappa shape index (κ2) is 5.64. The molecule has 2 fully saturated rings. The van der Waals surface area contributed by atoms with E-state index in [-0.39, 0.29) is 18.6 Å². The summed E-state index contributed by atoms with van der Waals surface area (Å²) in [6, 6.07) is 0. The number of ether oxygens (including phenoxy) is 1. The third-order valence-electron chi connectivity index (χ3n) is 3.53. The topological polar surface area (TPSA) is 41.6 Å². The van der Waals surface area contributed by atoms with Crippen LogP contribution in [0.4, 0.5) is 0 Å². The van der Waals surface area contributed by atoms with E-state index in [4.69, 9.17) is 4.74 Å². The molecule has 2 aliphatic rings. The molecule has 2 aliphatic heterocycles. The quantitative estimate of drug-likeness (QED) is 0.767. The fourth-order valence-electron chi connectivity index (χ4n) is 2.61. The van der Waals surface area contributed by atoms with E-state index < -0.39 is 0 Å². The van der Waals surface area contributed by atoms with Crippen molar-refractivity contribution in [1.82, 2.24) is 10.2 Å². The highest BCUT2D eigenvalue weighted by molar-refractivity contribution is 5.78. The van der Waals surface area contributed by atoms with Gasteiger partial charge in [-0.05, 0) is 31.7 Å². The fraction of sp³-hybridized carbons (Fsp3) is 0.917. The van der Waals surface area contributed by atoms with Gasteiger partial charge in [-0.3, -0.25) is 4.79 Å². The van der Waals surface area contributed by atoms with Gasteiger partial charge in [0.25, 0.3) is 0 Å². The minimum absolute atomic E-state index is 0.155. The number of nitrogens with one attached hydrogen (secondary N) is 1. The molecule has 0 aromatic carbocycles. The van der Waals surface area contributed by atoms with Gasteiger partial charge < -0.3 is 15.0 Å². The van der Waals surface area contributed by atoms with Crippen molar-refractivity contribution < 1.29 is 9.53 Å². The van der Waals surface area contributed by atoms with Crippen LogP contribution in [0.15, 0.2) is 0 Å². The van der Waals surface area contributed by atoms with Gasteiger partial charge >= 0.3 is 0 Å². The SMILES string of the molecule is CCCN1CC(C2CCCNC2)OCC1=O. The molecule has 1 N–H and O–H groups in total. The van der Waals surface area contributed by atoms with E-state index in [2.05, 4.69) is 12.2 Å².